The van der Waals surface area contributed by atoms with Crippen LogP contribution in [-0.2, 0) is 4.79 Å². The molecule has 0 saturated carbocycles. The molecule has 0 aliphatic carbocycles. The van der Waals surface area contributed by atoms with Gasteiger partial charge in [-0.2, -0.15) is 12.8 Å². The Morgan fingerprint density at radius 1 is 1.40 bits per heavy atom. The number of carbonyl (C=O) groups excluding carboxylic acids is 1. The average molecular weight is 364 g/mol. The standard InChI is InChI=1S/C7H12NO.U/c1-7(9)8-5-3-2-4-6-8;/h2H,3-6H2,1H3;/q-1;. The number of hydrogen-bond acceptors (Lipinski definition) is 1. The Kier molecular flexibility index (Phi) is 5.48. The maximum Gasteiger partial charge on any atom is 0.219 e. The minimum absolute atomic E-state index is 0. The van der Waals surface area contributed by atoms with Crippen molar-refractivity contribution in [3.63, 3.8) is 0 Å². The average Bonchev–Trinajstić information content (AvgIpc) is 1.90. The first-order chi connectivity index (χ1) is 4.30. The van der Waals surface area contributed by atoms with Crippen molar-refractivity contribution in [2.24, 2.45) is 0 Å². The molecule has 0 spiro atoms. The predicted octanol–water partition coefficient (Wildman–Crippen LogP) is 0.833. The van der Waals surface area contributed by atoms with Crippen molar-refractivity contribution in [3.05, 3.63) is 6.42 Å². The first-order valence-corrected chi connectivity index (χ1v) is 3.38. The molecule has 0 aromatic carbocycles. The summed E-state index contributed by atoms with van der Waals surface area (Å²) in [6, 6.07) is 0. The molecule has 3 heteroatoms. The van der Waals surface area contributed by atoms with Crippen molar-refractivity contribution >= 4 is 5.91 Å². The summed E-state index contributed by atoms with van der Waals surface area (Å²) in [5.74, 6) is 0.211. The van der Waals surface area contributed by atoms with Gasteiger partial charge in [0, 0.05) is 38.0 Å². The van der Waals surface area contributed by atoms with E-state index in [0.717, 1.165) is 25.9 Å². The number of hydrogen-bond donors (Lipinski definition) is 0. The van der Waals surface area contributed by atoms with Crippen molar-refractivity contribution in [2.45, 2.75) is 19.8 Å². The van der Waals surface area contributed by atoms with Gasteiger partial charge in [0.05, 0.1) is 0 Å². The van der Waals surface area contributed by atoms with E-state index in [4.69, 9.17) is 0 Å². The molecule has 0 N–H and O–H groups in total. The van der Waals surface area contributed by atoms with Crippen LogP contribution in [0.5, 0.6) is 0 Å². The zero-order valence-corrected chi connectivity index (χ0v) is 10.4. The van der Waals surface area contributed by atoms with E-state index < -0.39 is 0 Å². The number of rotatable bonds is 0. The summed E-state index contributed by atoms with van der Waals surface area (Å²) in [5, 5.41) is 0. The largest absolute Gasteiger partial charge is 0.348 e. The normalized spacial score (nSPS) is 17.9. The fourth-order valence-electron chi connectivity index (χ4n) is 1.07. The molecule has 0 aromatic heterocycles. The van der Waals surface area contributed by atoms with Crippen LogP contribution < -0.4 is 0 Å². The summed E-state index contributed by atoms with van der Waals surface area (Å²) in [5.41, 5.74) is 0. The third-order valence-corrected chi connectivity index (χ3v) is 1.65. The van der Waals surface area contributed by atoms with Crippen LogP contribution >= 0.6 is 0 Å². The smallest absolute Gasteiger partial charge is 0.219 e. The molecule has 1 heterocycles. The summed E-state index contributed by atoms with van der Waals surface area (Å²) in [4.78, 5) is 12.6. The summed E-state index contributed by atoms with van der Waals surface area (Å²) in [6.45, 7) is 3.48. The van der Waals surface area contributed by atoms with Crippen molar-refractivity contribution < 1.29 is 35.9 Å². The summed E-state index contributed by atoms with van der Waals surface area (Å²) in [6.07, 6.45) is 4.37. The topological polar surface area (TPSA) is 20.3 Å². The molecule has 0 bridgehead atoms. The van der Waals surface area contributed by atoms with Gasteiger partial charge in [-0.25, -0.2) is 0 Å². The molecule has 0 unspecified atom stereocenters. The van der Waals surface area contributed by atoms with Gasteiger partial charge in [0.2, 0.25) is 5.91 Å². The van der Waals surface area contributed by atoms with E-state index >= 15 is 0 Å². The van der Waals surface area contributed by atoms with Crippen molar-refractivity contribution in [1.82, 2.24) is 4.90 Å². The molecule has 1 rings (SSSR count). The van der Waals surface area contributed by atoms with Gasteiger partial charge in [-0.3, -0.25) is 4.79 Å². The molecule has 1 amide bonds. The van der Waals surface area contributed by atoms with Crippen molar-refractivity contribution in [1.29, 1.82) is 0 Å². The number of piperidine rings is 1. The maximum atomic E-state index is 10.7. The fraction of sp³-hybridized carbons (Fsp3) is 0.714. The van der Waals surface area contributed by atoms with Gasteiger partial charge in [-0.05, 0) is 13.1 Å². The molecule has 1 aliphatic rings. The molecule has 2 nitrogen and oxygen atoms in total. The molecule has 1 saturated heterocycles. The number of nitrogens with zero attached hydrogens (tertiary/aromatic N) is 1. The Morgan fingerprint density at radius 2 is 1.90 bits per heavy atom. The molecular formula is C7H12NOU-. The van der Waals surface area contributed by atoms with Crippen molar-refractivity contribution in [3.8, 4) is 0 Å². The quantitative estimate of drug-likeness (QED) is 0.584. The fourth-order valence-corrected chi connectivity index (χ4v) is 1.07. The van der Waals surface area contributed by atoms with Crippen LogP contribution in [0.15, 0.2) is 0 Å². The molecule has 0 atom stereocenters. The van der Waals surface area contributed by atoms with E-state index in [1.807, 2.05) is 4.90 Å². The van der Waals surface area contributed by atoms with Gasteiger partial charge >= 0.3 is 0 Å². The second-order valence-electron chi connectivity index (χ2n) is 2.37. The Hall–Kier alpha value is 0.522. The summed E-state index contributed by atoms with van der Waals surface area (Å²) >= 11 is 0. The Bertz CT molecular complexity index is 110. The van der Waals surface area contributed by atoms with E-state index in [2.05, 4.69) is 6.42 Å². The van der Waals surface area contributed by atoms with E-state index in [-0.39, 0.29) is 37.0 Å². The molecule has 0 aromatic rings. The number of amides is 1. The van der Waals surface area contributed by atoms with Crippen LogP contribution in [0, 0.1) is 37.5 Å². The molecule has 1 fully saturated rings. The monoisotopic (exact) mass is 364 g/mol. The van der Waals surface area contributed by atoms with Crippen LogP contribution in [0.3, 0.4) is 0 Å². The maximum absolute atomic E-state index is 10.7. The molecule has 1 aliphatic heterocycles. The van der Waals surface area contributed by atoms with E-state index in [1.165, 1.54) is 0 Å². The van der Waals surface area contributed by atoms with Crippen LogP contribution in [-0.4, -0.2) is 23.9 Å². The van der Waals surface area contributed by atoms with Gasteiger partial charge in [-0.15, -0.1) is 0 Å². The zero-order chi connectivity index (χ0) is 6.69. The number of likely N-dealkylation sites (tertiary alicyclic amines) is 1. The SMILES string of the molecule is CC(=O)N1CC[CH-]CC1.[U]. The van der Waals surface area contributed by atoms with Gasteiger partial charge in [0.25, 0.3) is 0 Å². The van der Waals surface area contributed by atoms with Gasteiger partial charge in [-0.1, -0.05) is 0 Å². The van der Waals surface area contributed by atoms with E-state index in [0.29, 0.717) is 0 Å². The summed E-state index contributed by atoms with van der Waals surface area (Å²) in [7, 11) is 0. The van der Waals surface area contributed by atoms with E-state index in [1.54, 1.807) is 6.92 Å². The Morgan fingerprint density at radius 3 is 2.20 bits per heavy atom. The molecular weight excluding hydrogens is 352 g/mol. The summed E-state index contributed by atoms with van der Waals surface area (Å²) < 4.78 is 0. The molecule has 0 radical (unpaired) electrons. The molecule has 56 valence electrons. The van der Waals surface area contributed by atoms with Gasteiger partial charge < -0.3 is 11.3 Å². The number of carbonyl (C=O) groups is 1. The van der Waals surface area contributed by atoms with E-state index in [9.17, 15) is 4.79 Å². The van der Waals surface area contributed by atoms with Gasteiger partial charge in [0.1, 0.15) is 0 Å². The van der Waals surface area contributed by atoms with Crippen molar-refractivity contribution in [2.75, 3.05) is 13.1 Å². The minimum Gasteiger partial charge on any atom is -0.348 e. The minimum atomic E-state index is 0. The van der Waals surface area contributed by atoms with Crippen LogP contribution in [0.4, 0.5) is 0 Å². The second kappa shape index (κ2) is 5.21. The van der Waals surface area contributed by atoms with Crippen LogP contribution in [0.2, 0.25) is 0 Å². The van der Waals surface area contributed by atoms with Gasteiger partial charge in [0.15, 0.2) is 0 Å². The predicted molar refractivity (Wildman–Crippen MR) is 35.8 cm³/mol. The second-order valence-corrected chi connectivity index (χ2v) is 2.37. The first-order valence-electron chi connectivity index (χ1n) is 3.38. The Labute approximate surface area is 85.7 Å². The van der Waals surface area contributed by atoms with Crippen LogP contribution in [0.25, 0.3) is 0 Å². The zero-order valence-electron chi connectivity index (χ0n) is 6.26. The third kappa shape index (κ3) is 3.08. The first kappa shape index (κ1) is 10.5. The Balaban J connectivity index is 0.000000810. The molecule has 10 heavy (non-hydrogen) atoms. The third-order valence-electron chi connectivity index (χ3n) is 1.65. The van der Waals surface area contributed by atoms with Crippen LogP contribution in [0.1, 0.15) is 19.8 Å².